The van der Waals surface area contributed by atoms with Crippen LogP contribution in [0.1, 0.15) is 43.6 Å². The van der Waals surface area contributed by atoms with Crippen molar-refractivity contribution in [3.05, 3.63) is 28.3 Å². The molecule has 0 unspecified atom stereocenters. The molecule has 0 atom stereocenters. The molecule has 5 nitrogen and oxygen atoms in total. The molecule has 1 aliphatic heterocycles. The smallest absolute Gasteiger partial charge is 0.465 e. The summed E-state index contributed by atoms with van der Waals surface area (Å²) in [5.74, 6) is -0.577. The number of benzene rings is 1. The molecule has 1 aromatic rings. The topological polar surface area (TPSA) is 68.6 Å². The van der Waals surface area contributed by atoms with Crippen molar-refractivity contribution in [3.8, 4) is 6.07 Å². The molecule has 0 saturated carbocycles. The number of carbonyl (C=O) groups is 1. The Kier molecular flexibility index (Phi) is 4.27. The van der Waals surface area contributed by atoms with Crippen LogP contribution in [0.4, 0.5) is 0 Å². The van der Waals surface area contributed by atoms with Crippen LogP contribution in [0.5, 0.6) is 0 Å². The van der Waals surface area contributed by atoms with E-state index in [1.54, 1.807) is 0 Å². The number of nitriles is 1. The molecule has 0 aromatic heterocycles. The van der Waals surface area contributed by atoms with Gasteiger partial charge in [-0.3, -0.25) is 0 Å². The van der Waals surface area contributed by atoms with E-state index in [9.17, 15) is 10.1 Å². The van der Waals surface area contributed by atoms with Gasteiger partial charge in [-0.2, -0.15) is 5.26 Å². The quantitative estimate of drug-likeness (QED) is 0.617. The van der Waals surface area contributed by atoms with Gasteiger partial charge in [-0.05, 0) is 39.8 Å². The number of halogens is 1. The molecule has 0 aliphatic carbocycles. The van der Waals surface area contributed by atoms with Crippen LogP contribution in [0, 0.1) is 11.3 Å². The zero-order valence-corrected chi connectivity index (χ0v) is 13.9. The summed E-state index contributed by atoms with van der Waals surface area (Å²) >= 11 is 6.04. The first-order chi connectivity index (χ1) is 10.1. The average Bonchev–Trinajstić information content (AvgIpc) is 2.66. The molecule has 1 fully saturated rings. The van der Waals surface area contributed by atoms with Gasteiger partial charge in [0.15, 0.2) is 0 Å². The standard InChI is InChI=1S/C15H17BClNO4/c1-14(2)15(3,4)22-16(21-14)11-7-10(13(19)20-5)12(17)6-9(11)8-18/h6-7H,1-5H3. The lowest BCUT2D eigenvalue weighted by atomic mass is 9.75. The van der Waals surface area contributed by atoms with E-state index < -0.39 is 24.3 Å². The molecule has 0 radical (unpaired) electrons. The van der Waals surface area contributed by atoms with Crippen LogP contribution in [0.3, 0.4) is 0 Å². The van der Waals surface area contributed by atoms with Crippen molar-refractivity contribution >= 4 is 30.2 Å². The second kappa shape index (κ2) is 5.58. The van der Waals surface area contributed by atoms with Crippen LogP contribution in [-0.4, -0.2) is 31.4 Å². The van der Waals surface area contributed by atoms with Crippen LogP contribution < -0.4 is 5.46 Å². The number of ether oxygens (including phenoxy) is 1. The minimum atomic E-state index is -0.750. The number of carbonyl (C=O) groups excluding carboxylic acids is 1. The number of esters is 1. The molecule has 22 heavy (non-hydrogen) atoms. The number of rotatable bonds is 2. The van der Waals surface area contributed by atoms with Crippen LogP contribution in [0.15, 0.2) is 12.1 Å². The Labute approximate surface area is 135 Å². The Morgan fingerprint density at radius 2 is 1.82 bits per heavy atom. The van der Waals surface area contributed by atoms with Gasteiger partial charge in [-0.1, -0.05) is 11.6 Å². The molecule has 1 aromatic carbocycles. The van der Waals surface area contributed by atoms with Gasteiger partial charge >= 0.3 is 13.1 Å². The predicted molar refractivity (Wildman–Crippen MR) is 83.2 cm³/mol. The van der Waals surface area contributed by atoms with Gasteiger partial charge < -0.3 is 14.0 Å². The number of hydrogen-bond acceptors (Lipinski definition) is 5. The highest BCUT2D eigenvalue weighted by molar-refractivity contribution is 6.63. The lowest BCUT2D eigenvalue weighted by molar-refractivity contribution is 0.00578. The Morgan fingerprint density at radius 1 is 1.27 bits per heavy atom. The van der Waals surface area contributed by atoms with E-state index in [1.807, 2.05) is 27.7 Å². The van der Waals surface area contributed by atoms with Crippen LogP contribution in [0.25, 0.3) is 0 Å². The van der Waals surface area contributed by atoms with Gasteiger partial charge in [0.25, 0.3) is 0 Å². The molecule has 1 aliphatic rings. The van der Waals surface area contributed by atoms with Gasteiger partial charge in [0, 0.05) is 5.46 Å². The van der Waals surface area contributed by atoms with Crippen LogP contribution in [-0.2, 0) is 14.0 Å². The SMILES string of the molecule is COC(=O)c1cc(B2OC(C)(C)C(C)(C)O2)c(C#N)cc1Cl. The summed E-state index contributed by atoms with van der Waals surface area (Å²) in [6.45, 7) is 7.65. The molecule has 7 heteroatoms. The Bertz CT molecular complexity index is 650. The molecule has 0 amide bonds. The summed E-state index contributed by atoms with van der Waals surface area (Å²) in [7, 11) is 0.519. The zero-order chi connectivity index (χ0) is 16.7. The van der Waals surface area contributed by atoms with E-state index in [1.165, 1.54) is 19.2 Å². The predicted octanol–water partition coefficient (Wildman–Crippen LogP) is 2.30. The van der Waals surface area contributed by atoms with Crippen LogP contribution >= 0.6 is 11.6 Å². The van der Waals surface area contributed by atoms with Crippen molar-refractivity contribution < 1.29 is 18.8 Å². The lowest BCUT2D eigenvalue weighted by Gasteiger charge is -2.32. The maximum atomic E-state index is 11.8. The maximum absolute atomic E-state index is 11.8. The first-order valence-corrected chi connectivity index (χ1v) is 7.18. The van der Waals surface area contributed by atoms with Gasteiger partial charge in [0.2, 0.25) is 0 Å². The normalized spacial score (nSPS) is 18.9. The lowest BCUT2D eigenvalue weighted by Crippen LogP contribution is -2.41. The Hall–Kier alpha value is -1.55. The summed E-state index contributed by atoms with van der Waals surface area (Å²) in [5, 5.41) is 9.47. The molecule has 116 valence electrons. The highest BCUT2D eigenvalue weighted by Crippen LogP contribution is 2.37. The number of methoxy groups -OCH3 is 1. The summed E-state index contributed by atoms with van der Waals surface area (Å²) in [6.07, 6.45) is 0. The summed E-state index contributed by atoms with van der Waals surface area (Å²) < 4.78 is 16.6. The second-order valence-electron chi connectivity index (χ2n) is 6.11. The third-order valence-electron chi connectivity index (χ3n) is 4.17. The van der Waals surface area contributed by atoms with Crippen molar-refractivity contribution in [3.63, 3.8) is 0 Å². The van der Waals surface area contributed by atoms with E-state index >= 15 is 0 Å². The second-order valence-corrected chi connectivity index (χ2v) is 6.52. The zero-order valence-electron chi connectivity index (χ0n) is 13.2. The molecular formula is C15H17BClNO4. The molecule has 0 bridgehead atoms. The van der Waals surface area contributed by atoms with Crippen LogP contribution in [0.2, 0.25) is 5.02 Å². The molecule has 1 heterocycles. The average molecular weight is 322 g/mol. The maximum Gasteiger partial charge on any atom is 0.496 e. The highest BCUT2D eigenvalue weighted by Gasteiger charge is 2.52. The van der Waals surface area contributed by atoms with E-state index in [0.29, 0.717) is 11.0 Å². The van der Waals surface area contributed by atoms with Gasteiger partial charge in [-0.15, -0.1) is 0 Å². The largest absolute Gasteiger partial charge is 0.496 e. The summed E-state index contributed by atoms with van der Waals surface area (Å²) in [4.78, 5) is 11.8. The third kappa shape index (κ3) is 2.72. The minimum Gasteiger partial charge on any atom is -0.465 e. The fraction of sp³-hybridized carbons (Fsp3) is 0.467. The van der Waals surface area contributed by atoms with E-state index in [2.05, 4.69) is 6.07 Å². The highest BCUT2D eigenvalue weighted by atomic mass is 35.5. The fourth-order valence-electron chi connectivity index (χ4n) is 2.12. The third-order valence-corrected chi connectivity index (χ3v) is 4.48. The van der Waals surface area contributed by atoms with Crippen molar-refractivity contribution in [1.29, 1.82) is 5.26 Å². The van der Waals surface area contributed by atoms with Gasteiger partial charge in [0.1, 0.15) is 0 Å². The van der Waals surface area contributed by atoms with Gasteiger partial charge in [0.05, 0.1) is 40.5 Å². The molecule has 2 rings (SSSR count). The minimum absolute atomic E-state index is 0.156. The molecule has 0 spiro atoms. The number of hydrogen-bond donors (Lipinski definition) is 0. The Morgan fingerprint density at radius 3 is 2.27 bits per heavy atom. The molecule has 0 N–H and O–H groups in total. The van der Waals surface area contributed by atoms with Crippen molar-refractivity contribution in [2.45, 2.75) is 38.9 Å². The summed E-state index contributed by atoms with van der Waals surface area (Å²) in [6, 6.07) is 4.98. The van der Waals surface area contributed by atoms with E-state index in [-0.39, 0.29) is 10.6 Å². The first kappa shape index (κ1) is 16.8. The molecular weight excluding hydrogens is 304 g/mol. The number of nitrogens with zero attached hydrogens (tertiary/aromatic N) is 1. The van der Waals surface area contributed by atoms with Gasteiger partial charge in [-0.25, -0.2) is 4.79 Å². The summed E-state index contributed by atoms with van der Waals surface area (Å²) in [5.41, 5.74) is -0.153. The van der Waals surface area contributed by atoms with Crippen molar-refractivity contribution in [1.82, 2.24) is 0 Å². The monoisotopic (exact) mass is 321 g/mol. The van der Waals surface area contributed by atoms with Crippen molar-refractivity contribution in [2.75, 3.05) is 7.11 Å². The van der Waals surface area contributed by atoms with Crippen molar-refractivity contribution in [2.24, 2.45) is 0 Å². The Balaban J connectivity index is 2.52. The van der Waals surface area contributed by atoms with E-state index in [0.717, 1.165) is 0 Å². The fourth-order valence-corrected chi connectivity index (χ4v) is 2.36. The van der Waals surface area contributed by atoms with E-state index in [4.69, 9.17) is 25.6 Å². The molecule has 1 saturated heterocycles. The first-order valence-electron chi connectivity index (χ1n) is 6.80.